The lowest BCUT2D eigenvalue weighted by molar-refractivity contribution is 0.0949. The number of nitrogens with zero attached hydrogens (tertiary/aromatic N) is 5. The minimum Gasteiger partial charge on any atom is -0.345 e. The largest absolute Gasteiger partial charge is 0.345 e. The lowest BCUT2D eigenvalue weighted by Crippen LogP contribution is -2.26. The molecule has 0 fully saturated rings. The first kappa shape index (κ1) is 19.8. The lowest BCUT2D eigenvalue weighted by atomic mass is 10.2. The van der Waals surface area contributed by atoms with Gasteiger partial charge in [-0.05, 0) is 62.5 Å². The third-order valence-corrected chi connectivity index (χ3v) is 4.90. The third kappa shape index (κ3) is 3.69. The van der Waals surface area contributed by atoms with E-state index in [1.807, 2.05) is 42.9 Å². The van der Waals surface area contributed by atoms with Crippen molar-refractivity contribution in [1.29, 1.82) is 0 Å². The Kier molecular flexibility index (Phi) is 5.32. The SMILES string of the molecule is CC(C)n1c(CNC(=O)c2cnn(-c3ccc(F)cc3)c2-n2cccc2)n[nH]c1=S. The fraction of sp³-hybridized carbons (Fsp3) is 0.200. The fourth-order valence-electron chi connectivity index (χ4n) is 3.25. The number of aromatic amines is 1. The van der Waals surface area contributed by atoms with Crippen molar-refractivity contribution in [2.45, 2.75) is 26.4 Å². The van der Waals surface area contributed by atoms with Crippen molar-refractivity contribution >= 4 is 18.1 Å². The molecule has 0 aliphatic heterocycles. The molecular weight excluding hydrogens is 405 g/mol. The lowest BCUT2D eigenvalue weighted by Gasteiger charge is -2.12. The van der Waals surface area contributed by atoms with Gasteiger partial charge in [-0.1, -0.05) is 0 Å². The summed E-state index contributed by atoms with van der Waals surface area (Å²) >= 11 is 5.25. The van der Waals surface area contributed by atoms with Gasteiger partial charge in [0.05, 0.1) is 18.4 Å². The molecule has 1 amide bonds. The maximum absolute atomic E-state index is 13.3. The van der Waals surface area contributed by atoms with Gasteiger partial charge in [0.1, 0.15) is 11.4 Å². The molecule has 3 aromatic heterocycles. The average Bonchev–Trinajstić information content (AvgIpc) is 3.45. The van der Waals surface area contributed by atoms with Crippen LogP contribution in [0.25, 0.3) is 11.5 Å². The first-order valence-electron chi connectivity index (χ1n) is 9.37. The molecule has 0 aliphatic rings. The summed E-state index contributed by atoms with van der Waals surface area (Å²) in [7, 11) is 0. The predicted molar refractivity (Wildman–Crippen MR) is 112 cm³/mol. The van der Waals surface area contributed by atoms with Crippen molar-refractivity contribution in [3.63, 3.8) is 0 Å². The molecule has 0 saturated heterocycles. The summed E-state index contributed by atoms with van der Waals surface area (Å²) < 4.78 is 19.1. The Morgan fingerprint density at radius 3 is 2.60 bits per heavy atom. The molecule has 0 aliphatic carbocycles. The summed E-state index contributed by atoms with van der Waals surface area (Å²) in [6.45, 7) is 4.19. The number of rotatable bonds is 6. The summed E-state index contributed by atoms with van der Waals surface area (Å²) in [5.74, 6) is 0.532. The maximum atomic E-state index is 13.3. The fourth-order valence-corrected chi connectivity index (χ4v) is 3.61. The van der Waals surface area contributed by atoms with Crippen LogP contribution in [0.15, 0.2) is 55.0 Å². The summed E-state index contributed by atoms with van der Waals surface area (Å²) in [4.78, 5) is 13.0. The molecule has 0 spiro atoms. The number of carbonyl (C=O) groups is 1. The van der Waals surface area contributed by atoms with E-state index in [0.29, 0.717) is 27.7 Å². The molecule has 0 atom stereocenters. The molecule has 0 unspecified atom stereocenters. The van der Waals surface area contributed by atoms with Crippen molar-refractivity contribution in [1.82, 2.24) is 34.4 Å². The van der Waals surface area contributed by atoms with Gasteiger partial charge >= 0.3 is 0 Å². The van der Waals surface area contributed by atoms with E-state index in [4.69, 9.17) is 12.2 Å². The molecule has 0 bridgehead atoms. The number of hydrogen-bond donors (Lipinski definition) is 2. The molecule has 10 heteroatoms. The van der Waals surface area contributed by atoms with Crippen molar-refractivity contribution in [2.24, 2.45) is 0 Å². The molecule has 154 valence electrons. The summed E-state index contributed by atoms with van der Waals surface area (Å²) in [5.41, 5.74) is 1.01. The van der Waals surface area contributed by atoms with Gasteiger partial charge in [-0.3, -0.25) is 9.89 Å². The molecule has 4 rings (SSSR count). The van der Waals surface area contributed by atoms with Crippen LogP contribution in [0.2, 0.25) is 0 Å². The number of carbonyl (C=O) groups excluding carboxylic acids is 1. The smallest absolute Gasteiger partial charge is 0.257 e. The Bertz CT molecular complexity index is 1220. The zero-order valence-electron chi connectivity index (χ0n) is 16.4. The molecule has 8 nitrogen and oxygen atoms in total. The van der Waals surface area contributed by atoms with Gasteiger partial charge in [0.15, 0.2) is 16.4 Å². The van der Waals surface area contributed by atoms with Crippen molar-refractivity contribution in [2.75, 3.05) is 0 Å². The van der Waals surface area contributed by atoms with Crippen molar-refractivity contribution < 1.29 is 9.18 Å². The Labute approximate surface area is 177 Å². The molecule has 4 aromatic rings. The standard InChI is InChI=1S/C20H20FN7OS/c1-13(2)27-17(24-25-20(27)30)12-22-18(29)16-11-23-28(15-7-5-14(21)6-8-15)19(16)26-9-3-4-10-26/h3-11,13H,12H2,1-2H3,(H,22,29)(H,25,30). The maximum Gasteiger partial charge on any atom is 0.257 e. The first-order chi connectivity index (χ1) is 14.5. The highest BCUT2D eigenvalue weighted by Crippen LogP contribution is 2.20. The molecular formula is C20H20FN7OS. The summed E-state index contributed by atoms with van der Waals surface area (Å²) in [5, 5.41) is 14.2. The zero-order valence-corrected chi connectivity index (χ0v) is 17.2. The van der Waals surface area contributed by atoms with E-state index in [0.717, 1.165) is 0 Å². The third-order valence-electron chi connectivity index (χ3n) is 4.61. The molecule has 0 radical (unpaired) electrons. The van der Waals surface area contributed by atoms with Crippen molar-refractivity contribution in [3.8, 4) is 11.5 Å². The Morgan fingerprint density at radius 1 is 1.23 bits per heavy atom. The molecule has 30 heavy (non-hydrogen) atoms. The van der Waals surface area contributed by atoms with Gasteiger partial charge in [0.25, 0.3) is 5.91 Å². The van der Waals surface area contributed by atoms with E-state index in [1.165, 1.54) is 18.3 Å². The van der Waals surface area contributed by atoms with Gasteiger partial charge < -0.3 is 14.5 Å². The van der Waals surface area contributed by atoms with Crippen LogP contribution < -0.4 is 5.32 Å². The number of halogens is 1. The van der Waals surface area contributed by atoms with E-state index >= 15 is 0 Å². The Balaban J connectivity index is 1.66. The highest BCUT2D eigenvalue weighted by Gasteiger charge is 2.20. The van der Waals surface area contributed by atoms with Crippen LogP contribution in [-0.2, 0) is 6.54 Å². The highest BCUT2D eigenvalue weighted by molar-refractivity contribution is 7.71. The minimum atomic E-state index is -0.343. The second kappa shape index (κ2) is 8.07. The normalized spacial score (nSPS) is 11.2. The number of amides is 1. The molecule has 2 N–H and O–H groups in total. The Hall–Kier alpha value is -3.53. The predicted octanol–water partition coefficient (Wildman–Crippen LogP) is 3.57. The van der Waals surface area contributed by atoms with Gasteiger partial charge in [-0.25, -0.2) is 9.07 Å². The van der Waals surface area contributed by atoms with Gasteiger partial charge in [0, 0.05) is 18.4 Å². The van der Waals surface area contributed by atoms with E-state index in [9.17, 15) is 9.18 Å². The number of nitrogens with one attached hydrogen (secondary N) is 2. The molecule has 3 heterocycles. The second-order valence-corrected chi connectivity index (χ2v) is 7.34. The van der Waals surface area contributed by atoms with Gasteiger partial charge in [0.2, 0.25) is 0 Å². The molecule has 0 saturated carbocycles. The average molecular weight is 425 g/mol. The topological polar surface area (TPSA) is 85.5 Å². The van der Waals surface area contributed by atoms with E-state index in [2.05, 4.69) is 20.6 Å². The van der Waals surface area contributed by atoms with Crippen LogP contribution in [0.4, 0.5) is 4.39 Å². The quantitative estimate of drug-likeness (QED) is 0.463. The minimum absolute atomic E-state index is 0.111. The zero-order chi connectivity index (χ0) is 21.3. The van der Waals surface area contributed by atoms with Crippen LogP contribution in [0, 0.1) is 10.6 Å². The second-order valence-electron chi connectivity index (χ2n) is 6.95. The van der Waals surface area contributed by atoms with Crippen molar-refractivity contribution in [3.05, 3.63) is 77.0 Å². The Morgan fingerprint density at radius 2 is 1.93 bits per heavy atom. The van der Waals surface area contributed by atoms with Crippen LogP contribution in [-0.4, -0.2) is 35.0 Å². The van der Waals surface area contributed by atoms with E-state index in [-0.39, 0.29) is 24.3 Å². The summed E-state index contributed by atoms with van der Waals surface area (Å²) in [6, 6.07) is 9.73. The monoisotopic (exact) mass is 425 g/mol. The highest BCUT2D eigenvalue weighted by atomic mass is 32.1. The van der Waals surface area contributed by atoms with Crippen LogP contribution >= 0.6 is 12.2 Å². The van der Waals surface area contributed by atoms with Crippen LogP contribution in [0.5, 0.6) is 0 Å². The molecule has 1 aromatic carbocycles. The van der Waals surface area contributed by atoms with Gasteiger partial charge in [-0.15, -0.1) is 0 Å². The van der Waals surface area contributed by atoms with Crippen LogP contribution in [0.3, 0.4) is 0 Å². The summed E-state index contributed by atoms with van der Waals surface area (Å²) in [6.07, 6.45) is 5.13. The number of hydrogen-bond acceptors (Lipinski definition) is 4. The number of H-pyrrole nitrogens is 1. The number of aromatic nitrogens is 6. The first-order valence-corrected chi connectivity index (χ1v) is 9.78. The van der Waals surface area contributed by atoms with Crippen LogP contribution in [0.1, 0.15) is 36.1 Å². The van der Waals surface area contributed by atoms with E-state index in [1.54, 1.807) is 21.4 Å². The van der Waals surface area contributed by atoms with E-state index < -0.39 is 0 Å². The van der Waals surface area contributed by atoms with Gasteiger partial charge in [-0.2, -0.15) is 10.2 Å². The number of benzene rings is 1.